The molecule has 2 aromatic rings. The van der Waals surface area contributed by atoms with Crippen molar-refractivity contribution in [1.29, 1.82) is 0 Å². The van der Waals surface area contributed by atoms with Crippen LogP contribution in [0.2, 0.25) is 0 Å². The Morgan fingerprint density at radius 2 is 2.00 bits per heavy atom. The van der Waals surface area contributed by atoms with E-state index < -0.39 is 0 Å². The molecule has 2 rings (SSSR count). The van der Waals surface area contributed by atoms with Gasteiger partial charge in [-0.2, -0.15) is 0 Å². The molecule has 0 amide bonds. The standard InChI is InChI=1S/C16H19N5.HI/c1-3-10-19-16(17-2)20-12-11-18-15-9-8-13-6-4-5-7-14(13)21-15;/h1,4-9H,10-12H2,2H3,(H,18,21)(H2,17,19,20);1H. The molecule has 22 heavy (non-hydrogen) atoms. The second kappa shape index (κ2) is 9.84. The molecule has 0 spiro atoms. The van der Waals surface area contributed by atoms with Crippen molar-refractivity contribution in [2.75, 3.05) is 32.0 Å². The van der Waals surface area contributed by atoms with Crippen molar-refractivity contribution >= 4 is 46.7 Å². The van der Waals surface area contributed by atoms with Gasteiger partial charge >= 0.3 is 0 Å². The number of fused-ring (bicyclic) bond motifs is 1. The van der Waals surface area contributed by atoms with E-state index in [2.05, 4.69) is 44.0 Å². The quantitative estimate of drug-likeness (QED) is 0.233. The Hall–Kier alpha value is -2.01. The van der Waals surface area contributed by atoms with E-state index in [4.69, 9.17) is 6.42 Å². The molecule has 116 valence electrons. The minimum atomic E-state index is 0. The maximum absolute atomic E-state index is 5.19. The molecule has 0 bridgehead atoms. The average molecular weight is 409 g/mol. The van der Waals surface area contributed by atoms with Crippen molar-refractivity contribution in [3.63, 3.8) is 0 Å². The smallest absolute Gasteiger partial charge is 0.191 e. The molecule has 1 aromatic carbocycles. The third-order valence-electron chi connectivity index (χ3n) is 2.90. The molecule has 0 aliphatic carbocycles. The first kappa shape index (κ1) is 18.0. The number of hydrogen-bond donors (Lipinski definition) is 3. The zero-order valence-electron chi connectivity index (χ0n) is 12.5. The lowest BCUT2D eigenvalue weighted by Crippen LogP contribution is -2.39. The number of pyridine rings is 1. The lowest BCUT2D eigenvalue weighted by atomic mass is 10.2. The summed E-state index contributed by atoms with van der Waals surface area (Å²) in [6.45, 7) is 1.92. The predicted octanol–water partition coefficient (Wildman–Crippen LogP) is 2.06. The fraction of sp³-hybridized carbons (Fsp3) is 0.250. The Balaban J connectivity index is 0.00000242. The number of aliphatic imine (C=N–C) groups is 1. The molecule has 0 aliphatic heterocycles. The largest absolute Gasteiger partial charge is 0.368 e. The van der Waals surface area contributed by atoms with Crippen molar-refractivity contribution in [2.45, 2.75) is 0 Å². The molecule has 3 N–H and O–H groups in total. The molecule has 5 nitrogen and oxygen atoms in total. The van der Waals surface area contributed by atoms with E-state index in [0.29, 0.717) is 12.5 Å². The van der Waals surface area contributed by atoms with E-state index in [0.717, 1.165) is 29.8 Å². The Morgan fingerprint density at radius 1 is 1.18 bits per heavy atom. The lowest BCUT2D eigenvalue weighted by molar-refractivity contribution is 0.851. The van der Waals surface area contributed by atoms with Crippen molar-refractivity contribution in [3.8, 4) is 12.3 Å². The summed E-state index contributed by atoms with van der Waals surface area (Å²) < 4.78 is 0. The van der Waals surface area contributed by atoms with Gasteiger partial charge in [0.2, 0.25) is 0 Å². The highest BCUT2D eigenvalue weighted by Crippen LogP contribution is 2.13. The third kappa shape index (κ3) is 5.41. The van der Waals surface area contributed by atoms with Crippen LogP contribution in [0.3, 0.4) is 0 Å². The number of hydrogen-bond acceptors (Lipinski definition) is 3. The van der Waals surface area contributed by atoms with Crippen LogP contribution in [-0.4, -0.2) is 37.6 Å². The minimum Gasteiger partial charge on any atom is -0.368 e. The predicted molar refractivity (Wildman–Crippen MR) is 104 cm³/mol. The highest BCUT2D eigenvalue weighted by Gasteiger charge is 1.98. The number of para-hydroxylation sites is 1. The summed E-state index contributed by atoms with van der Waals surface area (Å²) in [7, 11) is 1.71. The molecule has 0 radical (unpaired) electrons. The summed E-state index contributed by atoms with van der Waals surface area (Å²) in [4.78, 5) is 8.62. The number of nitrogens with one attached hydrogen (secondary N) is 3. The number of halogens is 1. The van der Waals surface area contributed by atoms with Crippen LogP contribution in [0.15, 0.2) is 41.4 Å². The van der Waals surface area contributed by atoms with Crippen molar-refractivity contribution in [3.05, 3.63) is 36.4 Å². The zero-order valence-corrected chi connectivity index (χ0v) is 14.8. The van der Waals surface area contributed by atoms with E-state index in [9.17, 15) is 0 Å². The second-order valence-corrected chi connectivity index (χ2v) is 4.37. The van der Waals surface area contributed by atoms with Gasteiger partial charge < -0.3 is 16.0 Å². The number of aromatic nitrogens is 1. The van der Waals surface area contributed by atoms with Crippen LogP contribution in [0, 0.1) is 12.3 Å². The number of terminal acetylenes is 1. The van der Waals surface area contributed by atoms with E-state index in [-0.39, 0.29) is 24.0 Å². The Kier molecular flexibility index (Phi) is 8.07. The first-order chi connectivity index (χ1) is 10.3. The van der Waals surface area contributed by atoms with Crippen LogP contribution in [0.25, 0.3) is 10.9 Å². The molecule has 1 aromatic heterocycles. The molecule has 0 aliphatic rings. The van der Waals surface area contributed by atoms with Gasteiger partial charge in [-0.25, -0.2) is 4.98 Å². The zero-order chi connectivity index (χ0) is 14.9. The molecule has 0 saturated carbocycles. The van der Waals surface area contributed by atoms with Gasteiger partial charge in [0, 0.05) is 25.5 Å². The van der Waals surface area contributed by atoms with Crippen molar-refractivity contribution < 1.29 is 0 Å². The van der Waals surface area contributed by atoms with E-state index in [1.165, 1.54) is 0 Å². The summed E-state index contributed by atoms with van der Waals surface area (Å²) in [6.07, 6.45) is 5.19. The second-order valence-electron chi connectivity index (χ2n) is 4.37. The summed E-state index contributed by atoms with van der Waals surface area (Å²) in [5.41, 5.74) is 0.988. The van der Waals surface area contributed by atoms with E-state index in [1.807, 2.05) is 24.3 Å². The monoisotopic (exact) mass is 409 g/mol. The molecule has 0 fully saturated rings. The molecule has 0 unspecified atom stereocenters. The number of benzene rings is 1. The van der Waals surface area contributed by atoms with Crippen molar-refractivity contribution in [1.82, 2.24) is 15.6 Å². The van der Waals surface area contributed by atoms with Crippen LogP contribution in [-0.2, 0) is 0 Å². The number of guanidine groups is 1. The Morgan fingerprint density at radius 3 is 2.77 bits per heavy atom. The van der Waals surface area contributed by atoms with Gasteiger partial charge in [0.25, 0.3) is 0 Å². The molecular formula is C16H20IN5. The van der Waals surface area contributed by atoms with Gasteiger partial charge in [0.05, 0.1) is 12.1 Å². The van der Waals surface area contributed by atoms with Gasteiger partial charge in [-0.15, -0.1) is 30.4 Å². The molecule has 0 saturated heterocycles. The average Bonchev–Trinajstić information content (AvgIpc) is 2.54. The first-order valence-electron chi connectivity index (χ1n) is 6.81. The SMILES string of the molecule is C#CCNC(=NC)NCCNc1ccc2ccccc2n1.I. The van der Waals surface area contributed by atoms with Crippen LogP contribution < -0.4 is 16.0 Å². The molecule has 0 atom stereocenters. The Labute approximate surface area is 148 Å². The molecule has 1 heterocycles. The maximum atomic E-state index is 5.19. The van der Waals surface area contributed by atoms with Gasteiger partial charge in [-0.1, -0.05) is 24.1 Å². The first-order valence-corrected chi connectivity index (χ1v) is 6.81. The molecule has 6 heteroatoms. The maximum Gasteiger partial charge on any atom is 0.191 e. The van der Waals surface area contributed by atoms with Gasteiger partial charge in [-0.05, 0) is 18.2 Å². The summed E-state index contributed by atoms with van der Waals surface area (Å²) in [5.74, 6) is 4.07. The highest BCUT2D eigenvalue weighted by molar-refractivity contribution is 14.0. The van der Waals surface area contributed by atoms with Crippen LogP contribution in [0.1, 0.15) is 0 Å². The van der Waals surface area contributed by atoms with Crippen LogP contribution >= 0.6 is 24.0 Å². The Bertz CT molecular complexity index is 663. The van der Waals surface area contributed by atoms with Crippen LogP contribution in [0.5, 0.6) is 0 Å². The fourth-order valence-electron chi connectivity index (χ4n) is 1.89. The topological polar surface area (TPSA) is 61.3 Å². The molecular weight excluding hydrogens is 389 g/mol. The van der Waals surface area contributed by atoms with Crippen LogP contribution in [0.4, 0.5) is 5.82 Å². The number of nitrogens with zero attached hydrogens (tertiary/aromatic N) is 2. The highest BCUT2D eigenvalue weighted by atomic mass is 127. The lowest BCUT2D eigenvalue weighted by Gasteiger charge is -2.11. The van der Waals surface area contributed by atoms with Gasteiger partial charge in [0.1, 0.15) is 5.82 Å². The number of rotatable bonds is 5. The number of anilines is 1. The summed E-state index contributed by atoms with van der Waals surface area (Å²) in [5, 5.41) is 10.6. The van der Waals surface area contributed by atoms with Gasteiger partial charge in [0.15, 0.2) is 5.96 Å². The summed E-state index contributed by atoms with van der Waals surface area (Å²) in [6, 6.07) is 12.1. The van der Waals surface area contributed by atoms with E-state index >= 15 is 0 Å². The van der Waals surface area contributed by atoms with Crippen molar-refractivity contribution in [2.24, 2.45) is 4.99 Å². The fourth-order valence-corrected chi connectivity index (χ4v) is 1.89. The third-order valence-corrected chi connectivity index (χ3v) is 2.90. The van der Waals surface area contributed by atoms with Gasteiger partial charge in [-0.3, -0.25) is 4.99 Å². The summed E-state index contributed by atoms with van der Waals surface area (Å²) >= 11 is 0. The normalized spacial score (nSPS) is 10.5. The van der Waals surface area contributed by atoms with E-state index in [1.54, 1.807) is 7.05 Å². The minimum absolute atomic E-state index is 0.